The summed E-state index contributed by atoms with van der Waals surface area (Å²) in [6, 6.07) is 18.4. The van der Waals surface area contributed by atoms with Crippen molar-refractivity contribution in [2.24, 2.45) is 7.05 Å². The summed E-state index contributed by atoms with van der Waals surface area (Å²) in [4.78, 5) is 18.0. The molecule has 4 nitrogen and oxygen atoms in total. The SMILES string of the molecule is COn1cc(Cc2ccccc2)c2c3ccccc3n(C)c2c1=O. The second-order valence-corrected chi connectivity index (χ2v) is 5.93. The van der Waals surface area contributed by atoms with Crippen molar-refractivity contribution in [3.63, 3.8) is 0 Å². The first kappa shape index (κ1) is 14.6. The van der Waals surface area contributed by atoms with Gasteiger partial charge in [-0.05, 0) is 23.6 Å². The van der Waals surface area contributed by atoms with Crippen LogP contribution < -0.4 is 10.4 Å². The van der Waals surface area contributed by atoms with E-state index in [0.717, 1.165) is 28.3 Å². The predicted octanol–water partition coefficient (Wildman–Crippen LogP) is 3.14. The fourth-order valence-electron chi connectivity index (χ4n) is 3.42. The maximum Gasteiger partial charge on any atom is 0.307 e. The lowest BCUT2D eigenvalue weighted by Crippen LogP contribution is -2.26. The highest BCUT2D eigenvalue weighted by atomic mass is 16.6. The summed E-state index contributed by atoms with van der Waals surface area (Å²) < 4.78 is 3.27. The summed E-state index contributed by atoms with van der Waals surface area (Å²) in [5.74, 6) is 0. The monoisotopic (exact) mass is 318 g/mol. The summed E-state index contributed by atoms with van der Waals surface area (Å²) in [6.07, 6.45) is 2.55. The van der Waals surface area contributed by atoms with E-state index in [1.54, 1.807) is 0 Å². The number of hydrogen-bond donors (Lipinski definition) is 0. The van der Waals surface area contributed by atoms with Crippen LogP contribution in [0.15, 0.2) is 65.6 Å². The quantitative estimate of drug-likeness (QED) is 0.582. The zero-order valence-corrected chi connectivity index (χ0v) is 13.7. The van der Waals surface area contributed by atoms with Gasteiger partial charge in [0, 0.05) is 23.3 Å². The van der Waals surface area contributed by atoms with E-state index in [1.807, 2.05) is 54.2 Å². The van der Waals surface area contributed by atoms with Gasteiger partial charge in [0.1, 0.15) is 12.6 Å². The van der Waals surface area contributed by atoms with E-state index < -0.39 is 0 Å². The van der Waals surface area contributed by atoms with Gasteiger partial charge in [-0.2, -0.15) is 4.73 Å². The molecule has 0 aliphatic rings. The molecule has 2 aromatic carbocycles. The number of benzene rings is 2. The van der Waals surface area contributed by atoms with Gasteiger partial charge < -0.3 is 9.40 Å². The van der Waals surface area contributed by atoms with Gasteiger partial charge in [-0.3, -0.25) is 4.79 Å². The largest absolute Gasteiger partial charge is 0.414 e. The van der Waals surface area contributed by atoms with Crippen LogP contribution in [-0.2, 0) is 13.5 Å². The van der Waals surface area contributed by atoms with E-state index in [0.29, 0.717) is 5.52 Å². The average molecular weight is 318 g/mol. The molecule has 0 saturated carbocycles. The van der Waals surface area contributed by atoms with Gasteiger partial charge in [0.05, 0.1) is 6.20 Å². The van der Waals surface area contributed by atoms with Gasteiger partial charge in [-0.1, -0.05) is 48.5 Å². The Balaban J connectivity index is 2.10. The number of para-hydroxylation sites is 1. The van der Waals surface area contributed by atoms with Gasteiger partial charge in [-0.25, -0.2) is 0 Å². The molecule has 2 heterocycles. The van der Waals surface area contributed by atoms with Gasteiger partial charge in [0.15, 0.2) is 0 Å². The molecule has 0 bridgehead atoms. The molecule has 4 heteroatoms. The lowest BCUT2D eigenvalue weighted by molar-refractivity contribution is 0.157. The Morgan fingerprint density at radius 2 is 1.71 bits per heavy atom. The minimum Gasteiger partial charge on any atom is -0.414 e. The number of rotatable bonds is 3. The molecule has 4 aromatic rings. The average Bonchev–Trinajstić information content (AvgIpc) is 2.92. The molecule has 0 unspecified atom stereocenters. The third-order valence-electron chi connectivity index (χ3n) is 4.54. The normalized spacial score (nSPS) is 11.2. The Morgan fingerprint density at radius 3 is 2.46 bits per heavy atom. The molecule has 0 N–H and O–H groups in total. The predicted molar refractivity (Wildman–Crippen MR) is 96.4 cm³/mol. The van der Waals surface area contributed by atoms with Gasteiger partial charge in [0.25, 0.3) is 0 Å². The first-order valence-corrected chi connectivity index (χ1v) is 7.90. The van der Waals surface area contributed by atoms with Crippen molar-refractivity contribution in [3.8, 4) is 0 Å². The highest BCUT2D eigenvalue weighted by Gasteiger charge is 2.17. The number of aryl methyl sites for hydroxylation is 1. The van der Waals surface area contributed by atoms with Crippen LogP contribution in [0.5, 0.6) is 0 Å². The van der Waals surface area contributed by atoms with E-state index >= 15 is 0 Å². The number of nitrogens with zero attached hydrogens (tertiary/aromatic N) is 2. The fourth-order valence-corrected chi connectivity index (χ4v) is 3.42. The molecule has 0 radical (unpaired) electrons. The summed E-state index contributed by atoms with van der Waals surface area (Å²) in [5.41, 5.74) is 3.87. The third-order valence-corrected chi connectivity index (χ3v) is 4.54. The zero-order chi connectivity index (χ0) is 16.7. The van der Waals surface area contributed by atoms with Crippen LogP contribution in [0.3, 0.4) is 0 Å². The Labute approximate surface area is 139 Å². The molecule has 0 fully saturated rings. The molecule has 0 aliphatic heterocycles. The lowest BCUT2D eigenvalue weighted by Gasteiger charge is -2.10. The van der Waals surface area contributed by atoms with E-state index in [9.17, 15) is 4.79 Å². The van der Waals surface area contributed by atoms with Crippen molar-refractivity contribution >= 4 is 21.8 Å². The van der Waals surface area contributed by atoms with Crippen LogP contribution in [0.2, 0.25) is 0 Å². The maximum atomic E-state index is 12.8. The van der Waals surface area contributed by atoms with Gasteiger partial charge >= 0.3 is 5.56 Å². The first-order chi connectivity index (χ1) is 11.7. The smallest absolute Gasteiger partial charge is 0.307 e. The molecular weight excluding hydrogens is 300 g/mol. The standard InChI is InChI=1S/C20H18N2O2/c1-21-17-11-7-6-10-16(17)18-15(12-14-8-4-3-5-9-14)13-22(24-2)20(23)19(18)21/h3-11,13H,12H2,1-2H3. The van der Waals surface area contributed by atoms with Gasteiger partial charge in [0.2, 0.25) is 0 Å². The lowest BCUT2D eigenvalue weighted by atomic mass is 10.0. The van der Waals surface area contributed by atoms with Crippen molar-refractivity contribution in [1.29, 1.82) is 0 Å². The highest BCUT2D eigenvalue weighted by Crippen LogP contribution is 2.29. The molecule has 2 aromatic heterocycles. The maximum absolute atomic E-state index is 12.8. The van der Waals surface area contributed by atoms with Gasteiger partial charge in [-0.15, -0.1) is 0 Å². The summed E-state index contributed by atoms with van der Waals surface area (Å²) in [7, 11) is 3.44. The highest BCUT2D eigenvalue weighted by molar-refractivity contribution is 6.09. The summed E-state index contributed by atoms with van der Waals surface area (Å²) in [6.45, 7) is 0. The van der Waals surface area contributed by atoms with Crippen molar-refractivity contribution in [2.45, 2.75) is 6.42 Å². The van der Waals surface area contributed by atoms with E-state index in [1.165, 1.54) is 17.4 Å². The molecule has 0 saturated heterocycles. The topological polar surface area (TPSA) is 36.2 Å². The second kappa shape index (κ2) is 5.57. The number of aromatic nitrogens is 2. The van der Waals surface area contributed by atoms with E-state index in [-0.39, 0.29) is 5.56 Å². The second-order valence-electron chi connectivity index (χ2n) is 5.93. The Bertz CT molecular complexity index is 1090. The fraction of sp³-hybridized carbons (Fsp3) is 0.150. The third kappa shape index (κ3) is 2.11. The summed E-state index contributed by atoms with van der Waals surface area (Å²) in [5, 5.41) is 2.11. The van der Waals surface area contributed by atoms with E-state index in [2.05, 4.69) is 18.2 Å². The number of pyridine rings is 1. The molecule has 0 atom stereocenters. The molecule has 24 heavy (non-hydrogen) atoms. The van der Waals surface area contributed by atoms with Crippen molar-refractivity contribution in [3.05, 3.63) is 82.3 Å². The van der Waals surface area contributed by atoms with Crippen molar-refractivity contribution in [2.75, 3.05) is 7.11 Å². The molecule has 0 spiro atoms. The van der Waals surface area contributed by atoms with Crippen LogP contribution >= 0.6 is 0 Å². The Hall–Kier alpha value is -3.01. The first-order valence-electron chi connectivity index (χ1n) is 7.90. The van der Waals surface area contributed by atoms with E-state index in [4.69, 9.17) is 4.84 Å². The number of fused-ring (bicyclic) bond motifs is 3. The molecule has 0 amide bonds. The molecular formula is C20H18N2O2. The van der Waals surface area contributed by atoms with Crippen LogP contribution in [0.4, 0.5) is 0 Å². The molecule has 0 aliphatic carbocycles. The Morgan fingerprint density at radius 1 is 1.00 bits per heavy atom. The zero-order valence-electron chi connectivity index (χ0n) is 13.7. The van der Waals surface area contributed by atoms with Crippen LogP contribution in [0.1, 0.15) is 11.1 Å². The summed E-state index contributed by atoms with van der Waals surface area (Å²) >= 11 is 0. The van der Waals surface area contributed by atoms with Crippen LogP contribution in [-0.4, -0.2) is 16.4 Å². The van der Waals surface area contributed by atoms with Crippen molar-refractivity contribution in [1.82, 2.24) is 9.30 Å². The Kier molecular flexibility index (Phi) is 3.38. The molecule has 4 rings (SSSR count). The molecule has 120 valence electrons. The van der Waals surface area contributed by atoms with Crippen LogP contribution in [0, 0.1) is 0 Å². The minimum absolute atomic E-state index is 0.136. The minimum atomic E-state index is -0.136. The van der Waals surface area contributed by atoms with Crippen molar-refractivity contribution < 1.29 is 4.84 Å². The van der Waals surface area contributed by atoms with Crippen LogP contribution in [0.25, 0.3) is 21.8 Å². The number of hydrogen-bond acceptors (Lipinski definition) is 2.